The molecule has 0 aliphatic carbocycles. The van der Waals surface area contributed by atoms with Crippen molar-refractivity contribution in [2.24, 2.45) is 0 Å². The lowest BCUT2D eigenvalue weighted by Gasteiger charge is -2.29. The minimum atomic E-state index is -0.616. The molecule has 3 aromatic carbocycles. The highest BCUT2D eigenvalue weighted by Gasteiger charge is 2.41. The minimum Gasteiger partial charge on any atom is -0.467 e. The summed E-state index contributed by atoms with van der Waals surface area (Å²) < 4.78 is 4.91. The predicted molar refractivity (Wildman–Crippen MR) is 136 cm³/mol. The number of hydrogen-bond acceptors (Lipinski definition) is 4. The monoisotopic (exact) mass is 471 g/mol. The van der Waals surface area contributed by atoms with Crippen LogP contribution in [0.4, 0.5) is 16.2 Å². The molecule has 0 saturated carbocycles. The number of carbonyl (C=O) groups is 3. The van der Waals surface area contributed by atoms with Gasteiger partial charge < -0.3 is 20.3 Å². The van der Waals surface area contributed by atoms with E-state index in [0.717, 1.165) is 27.9 Å². The average Bonchev–Trinajstić information content (AvgIpc) is 3.09. The summed E-state index contributed by atoms with van der Waals surface area (Å²) in [6.07, 6.45) is 0.482. The Morgan fingerprint density at radius 3 is 2.31 bits per heavy atom. The summed E-state index contributed by atoms with van der Waals surface area (Å²) in [5.41, 5.74) is 5.73. The first-order chi connectivity index (χ1) is 16.8. The van der Waals surface area contributed by atoms with Gasteiger partial charge in [-0.3, -0.25) is 4.79 Å². The molecule has 7 nitrogen and oxygen atoms in total. The Hall–Kier alpha value is -4.13. The van der Waals surface area contributed by atoms with Crippen molar-refractivity contribution in [3.8, 4) is 11.1 Å². The van der Waals surface area contributed by atoms with Gasteiger partial charge in [-0.25, -0.2) is 9.59 Å². The molecule has 0 aromatic heterocycles. The maximum atomic E-state index is 13.2. The number of ether oxygens (including phenoxy) is 1. The average molecular weight is 472 g/mol. The molecule has 2 atom stereocenters. The van der Waals surface area contributed by atoms with Crippen LogP contribution < -0.4 is 10.6 Å². The molecular formula is C28H29N3O4. The lowest BCUT2D eigenvalue weighted by atomic mass is 9.98. The van der Waals surface area contributed by atoms with Crippen LogP contribution in [0.1, 0.15) is 47.8 Å². The number of nitrogens with zero attached hydrogens (tertiary/aromatic N) is 1. The largest absolute Gasteiger partial charge is 0.467 e. The second kappa shape index (κ2) is 10.0. The van der Waals surface area contributed by atoms with Crippen LogP contribution in [0.5, 0.6) is 0 Å². The molecular weight excluding hydrogens is 442 g/mol. The van der Waals surface area contributed by atoms with E-state index in [0.29, 0.717) is 17.7 Å². The van der Waals surface area contributed by atoms with Gasteiger partial charge in [0.25, 0.3) is 5.91 Å². The third-order valence-electron chi connectivity index (χ3n) is 6.33. The molecule has 2 N–H and O–H groups in total. The molecule has 1 heterocycles. The summed E-state index contributed by atoms with van der Waals surface area (Å²) in [7, 11) is 1.34. The van der Waals surface area contributed by atoms with Crippen LogP contribution >= 0.6 is 0 Å². The van der Waals surface area contributed by atoms with E-state index in [1.165, 1.54) is 7.11 Å². The predicted octanol–water partition coefficient (Wildman–Crippen LogP) is 5.77. The first-order valence-corrected chi connectivity index (χ1v) is 11.6. The van der Waals surface area contributed by atoms with Crippen LogP contribution in [0.3, 0.4) is 0 Å². The molecule has 3 aromatic rings. The quantitative estimate of drug-likeness (QED) is 0.447. The van der Waals surface area contributed by atoms with E-state index in [4.69, 9.17) is 4.74 Å². The van der Waals surface area contributed by atoms with Crippen molar-refractivity contribution in [3.05, 3.63) is 83.4 Å². The Morgan fingerprint density at radius 1 is 0.971 bits per heavy atom. The van der Waals surface area contributed by atoms with E-state index >= 15 is 0 Å². The fourth-order valence-corrected chi connectivity index (χ4v) is 4.54. The molecule has 0 fully saturated rings. The van der Waals surface area contributed by atoms with Crippen LogP contribution in [0.15, 0.2) is 66.7 Å². The minimum absolute atomic E-state index is 0.169. The lowest BCUT2D eigenvalue weighted by molar-refractivity contribution is -0.146. The number of methoxy groups -OCH3 is 1. The highest BCUT2D eigenvalue weighted by atomic mass is 16.5. The third kappa shape index (κ3) is 4.89. The maximum absolute atomic E-state index is 13.2. The molecule has 0 saturated heterocycles. The van der Waals surface area contributed by atoms with Gasteiger partial charge in [-0.2, -0.15) is 0 Å². The Morgan fingerprint density at radius 2 is 1.66 bits per heavy atom. The fraction of sp³-hybridized carbons (Fsp3) is 0.250. The number of aryl methyl sites for hydroxylation is 1. The van der Waals surface area contributed by atoms with Crippen molar-refractivity contribution >= 4 is 29.3 Å². The molecule has 0 radical (unpaired) electrons. The summed E-state index contributed by atoms with van der Waals surface area (Å²) in [5.74, 6) is -0.576. The number of fused-ring (bicyclic) bond motifs is 1. The SMILES string of the molecule is CCC(C(=O)OC)N1C(=O)c2cc(-c3ccc(NC(=O)Nc4cccc(C)c4)cc3)ccc2C1C. The van der Waals surface area contributed by atoms with E-state index in [1.807, 2.05) is 87.5 Å². The van der Waals surface area contributed by atoms with Crippen molar-refractivity contribution in [3.63, 3.8) is 0 Å². The van der Waals surface area contributed by atoms with Gasteiger partial charge in [-0.05, 0) is 72.9 Å². The second-order valence-corrected chi connectivity index (χ2v) is 8.66. The van der Waals surface area contributed by atoms with Crippen molar-refractivity contribution in [2.45, 2.75) is 39.3 Å². The normalized spacial score (nSPS) is 15.4. The van der Waals surface area contributed by atoms with Crippen molar-refractivity contribution in [2.75, 3.05) is 17.7 Å². The zero-order chi connectivity index (χ0) is 25.1. The summed E-state index contributed by atoms with van der Waals surface area (Å²) in [6, 6.07) is 19.6. The Balaban J connectivity index is 1.49. The summed E-state index contributed by atoms with van der Waals surface area (Å²) in [4.78, 5) is 39.4. The lowest BCUT2D eigenvalue weighted by Crippen LogP contribution is -2.43. The number of rotatable bonds is 6. The molecule has 3 amide bonds. The zero-order valence-corrected chi connectivity index (χ0v) is 20.3. The van der Waals surface area contributed by atoms with E-state index in [-0.39, 0.29) is 18.0 Å². The van der Waals surface area contributed by atoms with E-state index in [9.17, 15) is 14.4 Å². The van der Waals surface area contributed by atoms with E-state index in [1.54, 1.807) is 4.90 Å². The van der Waals surface area contributed by atoms with E-state index < -0.39 is 12.0 Å². The van der Waals surface area contributed by atoms with Crippen LogP contribution in [0.25, 0.3) is 11.1 Å². The van der Waals surface area contributed by atoms with E-state index in [2.05, 4.69) is 10.6 Å². The van der Waals surface area contributed by atoms with Gasteiger partial charge in [-0.1, -0.05) is 43.3 Å². The molecule has 4 rings (SSSR count). The Bertz CT molecular complexity index is 1270. The molecule has 7 heteroatoms. The highest BCUT2D eigenvalue weighted by molar-refractivity contribution is 6.02. The Kier molecular flexibility index (Phi) is 6.87. The van der Waals surface area contributed by atoms with Crippen LogP contribution in [0, 0.1) is 6.92 Å². The molecule has 1 aliphatic rings. The number of urea groups is 1. The number of esters is 1. The molecule has 180 valence electrons. The standard InChI is InChI=1S/C28H29N3O4/c1-5-25(27(33)35-4)31-18(3)23-14-11-20(16-24(23)26(31)32)19-9-12-21(13-10-19)29-28(34)30-22-8-6-7-17(2)15-22/h6-16,18,25H,5H2,1-4H3,(H2,29,30,34). The second-order valence-electron chi connectivity index (χ2n) is 8.66. The van der Waals surface area contributed by atoms with Crippen molar-refractivity contribution in [1.29, 1.82) is 0 Å². The zero-order valence-electron chi connectivity index (χ0n) is 20.3. The van der Waals surface area contributed by atoms with Crippen molar-refractivity contribution < 1.29 is 19.1 Å². The number of amides is 3. The number of nitrogens with one attached hydrogen (secondary N) is 2. The van der Waals surface area contributed by atoms with Crippen LogP contribution in [0.2, 0.25) is 0 Å². The third-order valence-corrected chi connectivity index (χ3v) is 6.33. The molecule has 2 unspecified atom stereocenters. The summed E-state index contributed by atoms with van der Waals surface area (Å²) >= 11 is 0. The first-order valence-electron chi connectivity index (χ1n) is 11.6. The summed E-state index contributed by atoms with van der Waals surface area (Å²) in [6.45, 7) is 5.76. The number of hydrogen-bond donors (Lipinski definition) is 2. The first kappa shape index (κ1) is 24.0. The molecule has 0 bridgehead atoms. The summed E-state index contributed by atoms with van der Waals surface area (Å²) in [5, 5.41) is 5.65. The van der Waals surface area contributed by atoms with Gasteiger partial charge in [0.1, 0.15) is 6.04 Å². The van der Waals surface area contributed by atoms with Crippen LogP contribution in [-0.2, 0) is 9.53 Å². The molecule has 1 aliphatic heterocycles. The maximum Gasteiger partial charge on any atom is 0.328 e. The van der Waals surface area contributed by atoms with Gasteiger partial charge in [0.15, 0.2) is 0 Å². The number of carbonyl (C=O) groups excluding carboxylic acids is 3. The van der Waals surface area contributed by atoms with Crippen molar-refractivity contribution in [1.82, 2.24) is 4.90 Å². The van der Waals surface area contributed by atoms with Gasteiger partial charge in [0.05, 0.1) is 13.2 Å². The smallest absolute Gasteiger partial charge is 0.328 e. The van der Waals surface area contributed by atoms with Gasteiger partial charge in [-0.15, -0.1) is 0 Å². The fourth-order valence-electron chi connectivity index (χ4n) is 4.54. The Labute approximate surface area is 205 Å². The highest BCUT2D eigenvalue weighted by Crippen LogP contribution is 2.38. The van der Waals surface area contributed by atoms with Crippen LogP contribution in [-0.4, -0.2) is 36.0 Å². The van der Waals surface area contributed by atoms with Gasteiger partial charge >= 0.3 is 12.0 Å². The molecule has 0 spiro atoms. The van der Waals surface area contributed by atoms with Gasteiger partial charge in [0, 0.05) is 16.9 Å². The number of benzene rings is 3. The number of anilines is 2. The molecule has 35 heavy (non-hydrogen) atoms. The van der Waals surface area contributed by atoms with Gasteiger partial charge in [0.2, 0.25) is 0 Å². The topological polar surface area (TPSA) is 87.7 Å².